The lowest BCUT2D eigenvalue weighted by molar-refractivity contribution is 0.331. The van der Waals surface area contributed by atoms with Crippen molar-refractivity contribution in [3.05, 3.63) is 99.4 Å². The molecule has 5 rings (SSSR count). The maximum absolute atomic E-state index is 13.2. The van der Waals surface area contributed by atoms with E-state index in [1.807, 2.05) is 24.3 Å². The molecule has 0 unspecified atom stereocenters. The molecule has 0 N–H and O–H groups in total. The standard InChI is InChI=1S/C27H24ClN3OS/c1-2-22(28)6-5-7-24-16-25-26(33-24)27(32)31(18-29-25)23-11-10-20-14-19(8-9-21(20)15-23)17-30-12-3-4-13-30/h2,5-11,14-16,18H,1,3-4,12-13,17H2/b7-5+,22-6+. The van der Waals surface area contributed by atoms with Gasteiger partial charge in [0.15, 0.2) is 0 Å². The molecule has 2 aromatic heterocycles. The second-order valence-corrected chi connectivity index (χ2v) is 9.77. The molecule has 33 heavy (non-hydrogen) atoms. The van der Waals surface area contributed by atoms with Gasteiger partial charge in [0.1, 0.15) is 11.0 Å². The van der Waals surface area contributed by atoms with Gasteiger partial charge in [0.2, 0.25) is 0 Å². The summed E-state index contributed by atoms with van der Waals surface area (Å²) in [5.74, 6) is 0. The Kier molecular flexibility index (Phi) is 6.27. The summed E-state index contributed by atoms with van der Waals surface area (Å²) < 4.78 is 2.26. The van der Waals surface area contributed by atoms with E-state index in [4.69, 9.17) is 11.6 Å². The Hall–Kier alpha value is -2.99. The first-order chi connectivity index (χ1) is 16.1. The molecule has 1 aliphatic heterocycles. The van der Waals surface area contributed by atoms with Gasteiger partial charge in [-0.2, -0.15) is 0 Å². The van der Waals surface area contributed by atoms with E-state index in [0.29, 0.717) is 15.2 Å². The summed E-state index contributed by atoms with van der Waals surface area (Å²) in [5.41, 5.74) is 2.79. The monoisotopic (exact) mass is 473 g/mol. The number of allylic oxidation sites excluding steroid dienone is 4. The molecule has 0 spiro atoms. The van der Waals surface area contributed by atoms with Crippen LogP contribution in [0.15, 0.2) is 83.4 Å². The second kappa shape index (κ2) is 9.48. The largest absolute Gasteiger partial charge is 0.299 e. The number of likely N-dealkylation sites (tertiary alicyclic amines) is 1. The summed E-state index contributed by atoms with van der Waals surface area (Å²) in [4.78, 5) is 21.2. The number of rotatable bonds is 6. The average Bonchev–Trinajstić information content (AvgIpc) is 3.49. The maximum Gasteiger partial charge on any atom is 0.275 e. The van der Waals surface area contributed by atoms with Crippen LogP contribution in [0.2, 0.25) is 0 Å². The fourth-order valence-corrected chi connectivity index (χ4v) is 5.26. The minimum Gasteiger partial charge on any atom is -0.299 e. The van der Waals surface area contributed by atoms with Crippen LogP contribution in [-0.4, -0.2) is 27.5 Å². The Balaban J connectivity index is 1.45. The van der Waals surface area contributed by atoms with Crippen LogP contribution >= 0.6 is 22.9 Å². The van der Waals surface area contributed by atoms with Gasteiger partial charge in [-0.1, -0.05) is 48.5 Å². The van der Waals surface area contributed by atoms with Gasteiger partial charge in [-0.3, -0.25) is 14.3 Å². The first-order valence-corrected chi connectivity index (χ1v) is 12.2. The van der Waals surface area contributed by atoms with E-state index in [2.05, 4.69) is 46.8 Å². The number of thiophene rings is 1. The first-order valence-electron chi connectivity index (χ1n) is 11.0. The molecule has 0 bridgehead atoms. The summed E-state index contributed by atoms with van der Waals surface area (Å²) in [7, 11) is 0. The Morgan fingerprint density at radius 2 is 1.91 bits per heavy atom. The van der Waals surface area contributed by atoms with Crippen LogP contribution in [0, 0.1) is 0 Å². The molecule has 0 radical (unpaired) electrons. The van der Waals surface area contributed by atoms with Gasteiger partial charge >= 0.3 is 0 Å². The quantitative estimate of drug-likeness (QED) is 0.299. The Morgan fingerprint density at radius 3 is 2.73 bits per heavy atom. The molecule has 0 amide bonds. The third-order valence-corrected chi connectivity index (χ3v) is 7.30. The molecule has 6 heteroatoms. The zero-order chi connectivity index (χ0) is 22.8. The Labute approximate surface area is 201 Å². The third-order valence-electron chi connectivity index (χ3n) is 5.94. The minimum absolute atomic E-state index is 0.0608. The van der Waals surface area contributed by atoms with Gasteiger partial charge in [0.25, 0.3) is 5.56 Å². The fourth-order valence-electron chi connectivity index (χ4n) is 4.23. The van der Waals surface area contributed by atoms with Crippen molar-refractivity contribution in [3.8, 4) is 5.69 Å². The lowest BCUT2D eigenvalue weighted by Crippen LogP contribution is -2.18. The number of halogens is 1. The molecule has 4 nitrogen and oxygen atoms in total. The van der Waals surface area contributed by atoms with Crippen molar-refractivity contribution in [1.29, 1.82) is 0 Å². The van der Waals surface area contributed by atoms with Crippen molar-refractivity contribution in [2.75, 3.05) is 13.1 Å². The number of fused-ring (bicyclic) bond motifs is 2. The molecule has 1 aliphatic rings. The van der Waals surface area contributed by atoms with Crippen molar-refractivity contribution >= 4 is 50.0 Å². The van der Waals surface area contributed by atoms with Crippen LogP contribution in [0.4, 0.5) is 0 Å². The van der Waals surface area contributed by atoms with Gasteiger partial charge in [0, 0.05) is 16.5 Å². The van der Waals surface area contributed by atoms with Crippen molar-refractivity contribution in [2.45, 2.75) is 19.4 Å². The van der Waals surface area contributed by atoms with Gasteiger partial charge in [0.05, 0.1) is 11.2 Å². The summed E-state index contributed by atoms with van der Waals surface area (Å²) >= 11 is 7.37. The highest BCUT2D eigenvalue weighted by atomic mass is 35.5. The van der Waals surface area contributed by atoms with Crippen LogP contribution < -0.4 is 5.56 Å². The third kappa shape index (κ3) is 4.71. The Bertz CT molecular complexity index is 1460. The number of aromatic nitrogens is 2. The predicted octanol–water partition coefficient (Wildman–Crippen LogP) is 6.52. The van der Waals surface area contributed by atoms with Gasteiger partial charge < -0.3 is 0 Å². The molecule has 4 aromatic rings. The van der Waals surface area contributed by atoms with E-state index in [0.717, 1.165) is 22.5 Å². The molecule has 0 atom stereocenters. The second-order valence-electron chi connectivity index (χ2n) is 8.25. The number of hydrogen-bond donors (Lipinski definition) is 0. The van der Waals surface area contributed by atoms with Gasteiger partial charge in [-0.15, -0.1) is 11.3 Å². The lowest BCUT2D eigenvalue weighted by Gasteiger charge is -2.15. The van der Waals surface area contributed by atoms with E-state index < -0.39 is 0 Å². The van der Waals surface area contributed by atoms with Crippen LogP contribution in [0.1, 0.15) is 23.3 Å². The molecular weight excluding hydrogens is 450 g/mol. The zero-order valence-electron chi connectivity index (χ0n) is 18.2. The molecule has 2 aromatic carbocycles. The minimum atomic E-state index is -0.0608. The molecule has 3 heterocycles. The molecule has 1 fully saturated rings. The lowest BCUT2D eigenvalue weighted by atomic mass is 10.1. The highest BCUT2D eigenvalue weighted by Crippen LogP contribution is 2.25. The van der Waals surface area contributed by atoms with E-state index in [1.54, 1.807) is 23.0 Å². The predicted molar refractivity (Wildman–Crippen MR) is 140 cm³/mol. The van der Waals surface area contributed by atoms with E-state index >= 15 is 0 Å². The highest BCUT2D eigenvalue weighted by molar-refractivity contribution is 7.19. The maximum atomic E-state index is 13.2. The van der Waals surface area contributed by atoms with Crippen LogP contribution in [-0.2, 0) is 6.54 Å². The van der Waals surface area contributed by atoms with Crippen molar-refractivity contribution in [3.63, 3.8) is 0 Å². The molecular formula is C27H24ClN3OS. The molecule has 0 saturated carbocycles. The molecule has 1 saturated heterocycles. The zero-order valence-corrected chi connectivity index (χ0v) is 19.8. The van der Waals surface area contributed by atoms with Crippen LogP contribution in [0.5, 0.6) is 0 Å². The average molecular weight is 474 g/mol. The Morgan fingerprint density at radius 1 is 1.12 bits per heavy atom. The molecule has 166 valence electrons. The van der Waals surface area contributed by atoms with Gasteiger partial charge in [-0.25, -0.2) is 4.98 Å². The highest BCUT2D eigenvalue weighted by Gasteiger charge is 2.13. The number of nitrogens with zero attached hydrogens (tertiary/aromatic N) is 3. The van der Waals surface area contributed by atoms with Crippen LogP contribution in [0.25, 0.3) is 32.8 Å². The molecule has 0 aliphatic carbocycles. The topological polar surface area (TPSA) is 38.1 Å². The summed E-state index contributed by atoms with van der Waals surface area (Å²) in [6, 6.07) is 14.7. The fraction of sp³-hybridized carbons (Fsp3) is 0.185. The van der Waals surface area contributed by atoms with Crippen molar-refractivity contribution in [2.24, 2.45) is 0 Å². The number of benzene rings is 2. The van der Waals surface area contributed by atoms with E-state index in [1.165, 1.54) is 48.2 Å². The SMILES string of the molecule is C=C/C(Cl)=C\C=C\c1cc2ncn(-c3ccc4cc(CN5CCCC5)ccc4c3)c(=O)c2s1. The summed E-state index contributed by atoms with van der Waals surface area (Å²) in [6.45, 7) is 7.01. The first kappa shape index (κ1) is 21.8. The summed E-state index contributed by atoms with van der Waals surface area (Å²) in [5, 5.41) is 2.87. The van der Waals surface area contributed by atoms with Crippen LogP contribution in [0.3, 0.4) is 0 Å². The van der Waals surface area contributed by atoms with E-state index in [9.17, 15) is 4.79 Å². The normalized spacial score (nSPS) is 15.2. The van der Waals surface area contributed by atoms with Gasteiger partial charge in [-0.05, 0) is 78.7 Å². The smallest absolute Gasteiger partial charge is 0.275 e. The van der Waals surface area contributed by atoms with Crippen molar-refractivity contribution < 1.29 is 0 Å². The van der Waals surface area contributed by atoms with Crippen molar-refractivity contribution in [1.82, 2.24) is 14.5 Å². The van der Waals surface area contributed by atoms with E-state index in [-0.39, 0.29) is 5.56 Å². The number of hydrogen-bond acceptors (Lipinski definition) is 4. The summed E-state index contributed by atoms with van der Waals surface area (Å²) in [6.07, 6.45) is 11.3.